The third kappa shape index (κ3) is 4.64. The summed E-state index contributed by atoms with van der Waals surface area (Å²) in [5.74, 6) is 0.917. The van der Waals surface area contributed by atoms with E-state index in [1.807, 2.05) is 85.8 Å². The topological polar surface area (TPSA) is 76.7 Å². The molecule has 1 aliphatic rings. The van der Waals surface area contributed by atoms with Gasteiger partial charge in [-0.1, -0.05) is 54.6 Å². The molecule has 0 spiro atoms. The molecule has 1 heterocycles. The van der Waals surface area contributed by atoms with Crippen molar-refractivity contribution in [1.29, 1.82) is 0 Å². The van der Waals surface area contributed by atoms with Crippen molar-refractivity contribution in [3.63, 3.8) is 0 Å². The van der Waals surface area contributed by atoms with Gasteiger partial charge in [0.2, 0.25) is 0 Å². The lowest BCUT2D eigenvalue weighted by Gasteiger charge is -2.29. The van der Waals surface area contributed by atoms with Gasteiger partial charge in [0.1, 0.15) is 11.5 Å². The lowest BCUT2D eigenvalue weighted by atomic mass is 9.92. The standard InChI is InChI=1S/C26H24N2O4/c1-3-31-25(29)22-23(18-9-5-4-6-10-18)27-26(30)28-24(22)19-12-14-20(15-13-19)32-21-11-7-8-17(2)16-21/h4-16,24H,3H2,1-2H3,(H2,27,28,30). The molecule has 0 saturated heterocycles. The third-order valence-electron chi connectivity index (χ3n) is 5.07. The quantitative estimate of drug-likeness (QED) is 0.535. The fraction of sp³-hybridized carbons (Fsp3) is 0.154. The molecule has 6 heteroatoms. The van der Waals surface area contributed by atoms with E-state index >= 15 is 0 Å². The van der Waals surface area contributed by atoms with Crippen LogP contribution in [0.2, 0.25) is 0 Å². The highest BCUT2D eigenvalue weighted by atomic mass is 16.5. The summed E-state index contributed by atoms with van der Waals surface area (Å²) in [7, 11) is 0. The molecule has 3 aromatic carbocycles. The van der Waals surface area contributed by atoms with E-state index < -0.39 is 12.0 Å². The van der Waals surface area contributed by atoms with Crippen LogP contribution in [0.25, 0.3) is 5.70 Å². The summed E-state index contributed by atoms with van der Waals surface area (Å²) in [6.07, 6.45) is 0. The van der Waals surface area contributed by atoms with Crippen LogP contribution in [0.15, 0.2) is 84.4 Å². The maximum atomic E-state index is 12.9. The summed E-state index contributed by atoms with van der Waals surface area (Å²) in [4.78, 5) is 25.4. The van der Waals surface area contributed by atoms with Gasteiger partial charge in [0.15, 0.2) is 0 Å². The van der Waals surface area contributed by atoms with Gasteiger partial charge in [-0.25, -0.2) is 9.59 Å². The monoisotopic (exact) mass is 428 g/mol. The summed E-state index contributed by atoms with van der Waals surface area (Å²) >= 11 is 0. The van der Waals surface area contributed by atoms with Gasteiger partial charge in [0.05, 0.1) is 23.9 Å². The number of benzene rings is 3. The van der Waals surface area contributed by atoms with Crippen LogP contribution in [0, 0.1) is 6.92 Å². The second-order valence-corrected chi connectivity index (χ2v) is 7.39. The van der Waals surface area contributed by atoms with E-state index in [1.165, 1.54) is 0 Å². The summed E-state index contributed by atoms with van der Waals surface area (Å²) < 4.78 is 11.2. The zero-order valence-electron chi connectivity index (χ0n) is 17.9. The fourth-order valence-corrected chi connectivity index (χ4v) is 3.62. The lowest BCUT2D eigenvalue weighted by molar-refractivity contribution is -0.138. The van der Waals surface area contributed by atoms with Gasteiger partial charge in [0, 0.05) is 0 Å². The molecule has 3 aromatic rings. The normalized spacial score (nSPS) is 15.6. The molecule has 32 heavy (non-hydrogen) atoms. The molecule has 0 bridgehead atoms. The van der Waals surface area contributed by atoms with Crippen molar-refractivity contribution in [3.05, 3.63) is 101 Å². The Labute approximate surface area is 186 Å². The summed E-state index contributed by atoms with van der Waals surface area (Å²) in [6, 6.07) is 23.3. The van der Waals surface area contributed by atoms with E-state index in [4.69, 9.17) is 9.47 Å². The molecule has 0 saturated carbocycles. The van der Waals surface area contributed by atoms with Crippen LogP contribution >= 0.6 is 0 Å². The number of esters is 1. The number of hydrogen-bond donors (Lipinski definition) is 2. The van der Waals surface area contributed by atoms with Gasteiger partial charge in [-0.05, 0) is 54.8 Å². The van der Waals surface area contributed by atoms with Gasteiger partial charge in [0.25, 0.3) is 0 Å². The Hall–Kier alpha value is -4.06. The van der Waals surface area contributed by atoms with Crippen molar-refractivity contribution in [3.8, 4) is 11.5 Å². The van der Waals surface area contributed by atoms with Crippen molar-refractivity contribution in [2.24, 2.45) is 0 Å². The average Bonchev–Trinajstić information content (AvgIpc) is 2.80. The van der Waals surface area contributed by atoms with E-state index in [0.717, 1.165) is 22.4 Å². The SMILES string of the molecule is CCOC(=O)C1=C(c2ccccc2)NC(=O)NC1c1ccc(Oc2cccc(C)c2)cc1. The molecule has 0 aromatic heterocycles. The van der Waals surface area contributed by atoms with E-state index in [1.54, 1.807) is 6.92 Å². The molecular formula is C26H24N2O4. The van der Waals surface area contributed by atoms with Crippen LogP contribution in [0.1, 0.15) is 29.7 Å². The predicted octanol–water partition coefficient (Wildman–Crippen LogP) is 5.12. The molecule has 0 fully saturated rings. The molecule has 2 N–H and O–H groups in total. The minimum Gasteiger partial charge on any atom is -0.463 e. The minimum absolute atomic E-state index is 0.230. The Morgan fingerprint density at radius 3 is 2.38 bits per heavy atom. The number of urea groups is 1. The number of amides is 2. The minimum atomic E-state index is -0.661. The largest absolute Gasteiger partial charge is 0.463 e. The molecule has 0 radical (unpaired) electrons. The lowest BCUT2D eigenvalue weighted by Crippen LogP contribution is -2.45. The van der Waals surface area contributed by atoms with E-state index in [2.05, 4.69) is 10.6 Å². The highest BCUT2D eigenvalue weighted by molar-refractivity contribution is 6.04. The molecule has 162 valence electrons. The number of nitrogens with one attached hydrogen (secondary N) is 2. The van der Waals surface area contributed by atoms with Crippen LogP contribution in [0.3, 0.4) is 0 Å². The Morgan fingerprint density at radius 2 is 1.69 bits per heavy atom. The molecule has 4 rings (SSSR count). The predicted molar refractivity (Wildman–Crippen MR) is 122 cm³/mol. The van der Waals surface area contributed by atoms with Crippen LogP contribution in [-0.2, 0) is 9.53 Å². The van der Waals surface area contributed by atoms with Gasteiger partial charge >= 0.3 is 12.0 Å². The van der Waals surface area contributed by atoms with Crippen LogP contribution in [0.4, 0.5) is 4.79 Å². The first kappa shape index (κ1) is 21.2. The number of rotatable bonds is 6. The van der Waals surface area contributed by atoms with Crippen LogP contribution in [0.5, 0.6) is 11.5 Å². The van der Waals surface area contributed by atoms with Gasteiger partial charge in [-0.2, -0.15) is 0 Å². The molecular weight excluding hydrogens is 404 g/mol. The van der Waals surface area contributed by atoms with Crippen molar-refractivity contribution < 1.29 is 19.1 Å². The third-order valence-corrected chi connectivity index (χ3v) is 5.07. The molecule has 1 atom stereocenters. The number of carbonyl (C=O) groups is 2. The van der Waals surface area contributed by atoms with Crippen molar-refractivity contribution >= 4 is 17.7 Å². The number of aryl methyl sites for hydroxylation is 1. The maximum absolute atomic E-state index is 12.9. The maximum Gasteiger partial charge on any atom is 0.338 e. The second kappa shape index (κ2) is 9.39. The first-order valence-electron chi connectivity index (χ1n) is 10.4. The van der Waals surface area contributed by atoms with Crippen molar-refractivity contribution in [1.82, 2.24) is 10.6 Å². The number of hydrogen-bond acceptors (Lipinski definition) is 4. The first-order chi connectivity index (χ1) is 15.5. The molecule has 2 amide bonds. The van der Waals surface area contributed by atoms with E-state index in [9.17, 15) is 9.59 Å². The zero-order chi connectivity index (χ0) is 22.5. The number of ether oxygens (including phenoxy) is 2. The van der Waals surface area contributed by atoms with Crippen LogP contribution in [-0.4, -0.2) is 18.6 Å². The van der Waals surface area contributed by atoms with Crippen molar-refractivity contribution in [2.75, 3.05) is 6.61 Å². The van der Waals surface area contributed by atoms with Crippen LogP contribution < -0.4 is 15.4 Å². The van der Waals surface area contributed by atoms with Gasteiger partial charge in [-0.3, -0.25) is 0 Å². The average molecular weight is 428 g/mol. The molecule has 1 aliphatic heterocycles. The highest BCUT2D eigenvalue weighted by Crippen LogP contribution is 2.33. The van der Waals surface area contributed by atoms with E-state index in [-0.39, 0.29) is 12.6 Å². The Balaban J connectivity index is 1.70. The highest BCUT2D eigenvalue weighted by Gasteiger charge is 2.34. The molecule has 0 aliphatic carbocycles. The molecule has 6 nitrogen and oxygen atoms in total. The number of carbonyl (C=O) groups excluding carboxylic acids is 2. The van der Waals surface area contributed by atoms with Gasteiger partial charge < -0.3 is 20.1 Å². The Bertz CT molecular complexity index is 1150. The van der Waals surface area contributed by atoms with E-state index in [0.29, 0.717) is 17.0 Å². The van der Waals surface area contributed by atoms with Gasteiger partial charge in [-0.15, -0.1) is 0 Å². The first-order valence-corrected chi connectivity index (χ1v) is 10.4. The fourth-order valence-electron chi connectivity index (χ4n) is 3.62. The Morgan fingerprint density at radius 1 is 0.938 bits per heavy atom. The second-order valence-electron chi connectivity index (χ2n) is 7.39. The summed E-state index contributed by atoms with van der Waals surface area (Å²) in [5.41, 5.74) is 3.37. The summed E-state index contributed by atoms with van der Waals surface area (Å²) in [5, 5.41) is 5.62. The smallest absolute Gasteiger partial charge is 0.338 e. The summed E-state index contributed by atoms with van der Waals surface area (Å²) in [6.45, 7) is 3.99. The molecule has 1 unspecified atom stereocenters. The Kier molecular flexibility index (Phi) is 6.22. The zero-order valence-corrected chi connectivity index (χ0v) is 17.9. The van der Waals surface area contributed by atoms with Crippen molar-refractivity contribution in [2.45, 2.75) is 19.9 Å².